The number of aryl methyl sites for hydroxylation is 1. The summed E-state index contributed by atoms with van der Waals surface area (Å²) in [7, 11) is 1.65. The molecule has 3 aromatic rings. The molecule has 10 nitrogen and oxygen atoms in total. The molecular formula is C37H42N8O2. The molecule has 47 heavy (non-hydrogen) atoms. The van der Waals surface area contributed by atoms with Gasteiger partial charge in [-0.15, -0.1) is 0 Å². The molecule has 3 aliphatic heterocycles. The van der Waals surface area contributed by atoms with Gasteiger partial charge in [-0.2, -0.15) is 0 Å². The average molecular weight is 631 g/mol. The lowest BCUT2D eigenvalue weighted by atomic mass is 9.85. The van der Waals surface area contributed by atoms with Gasteiger partial charge in [-0.1, -0.05) is 60.2 Å². The minimum atomic E-state index is -0.495. The van der Waals surface area contributed by atoms with Crippen LogP contribution in [0.4, 0.5) is 11.4 Å². The standard InChI is InChI=1S/C37H42N8O2/c1-25-3-5-28(6-4-25)34(39)31-21-30(11-12-32(31)38)45-20-16-37(36(45)47)15-19-43(23-37)22-33(46)44-17-13-27(14-18-44)26-7-9-29(10-8-26)35(40)42-24-41-2/h3-13,21,24,39H,14-20,22-23,38H2,1-2H3,(H2,40,41,42)/t37-/m0/s1. The average Bonchev–Trinajstić information content (AvgIpc) is 3.65. The first-order chi connectivity index (χ1) is 22.7. The Kier molecular flexibility index (Phi) is 9.04. The second kappa shape index (κ2) is 13.3. The molecule has 0 unspecified atom stereocenters. The zero-order valence-corrected chi connectivity index (χ0v) is 27.1. The summed E-state index contributed by atoms with van der Waals surface area (Å²) in [6.45, 7) is 5.45. The summed E-state index contributed by atoms with van der Waals surface area (Å²) < 4.78 is 0. The van der Waals surface area contributed by atoms with Gasteiger partial charge in [-0.05, 0) is 62.1 Å². The molecule has 242 valence electrons. The maximum atomic E-state index is 13.9. The minimum Gasteiger partial charge on any atom is -0.398 e. The number of nitrogens with zero attached hydrogens (tertiary/aromatic N) is 5. The Labute approximate surface area is 276 Å². The van der Waals surface area contributed by atoms with Gasteiger partial charge < -0.3 is 21.3 Å². The fraction of sp³-hybridized carbons (Fsp3) is 0.324. The van der Waals surface area contributed by atoms with Gasteiger partial charge in [0.05, 0.1) is 17.7 Å². The fourth-order valence-corrected chi connectivity index (χ4v) is 6.84. The van der Waals surface area contributed by atoms with Crippen LogP contribution in [0.2, 0.25) is 0 Å². The normalized spacial score (nSPS) is 20.4. The van der Waals surface area contributed by atoms with E-state index >= 15 is 0 Å². The zero-order valence-electron chi connectivity index (χ0n) is 27.1. The Balaban J connectivity index is 1.05. The number of amides is 2. The fourth-order valence-electron chi connectivity index (χ4n) is 6.84. The van der Waals surface area contributed by atoms with Crippen LogP contribution in [0.3, 0.4) is 0 Å². The van der Waals surface area contributed by atoms with Crippen LogP contribution in [0.5, 0.6) is 0 Å². The number of likely N-dealkylation sites (tertiary alicyclic amines) is 1. The molecule has 0 aliphatic carbocycles. The maximum Gasteiger partial charge on any atom is 0.237 e. The molecule has 3 heterocycles. The summed E-state index contributed by atoms with van der Waals surface area (Å²) in [5.41, 5.74) is 19.1. The number of carbonyl (C=O) groups is 2. The van der Waals surface area contributed by atoms with Crippen LogP contribution in [0.25, 0.3) is 5.57 Å². The van der Waals surface area contributed by atoms with Crippen molar-refractivity contribution in [3.05, 3.63) is 101 Å². The van der Waals surface area contributed by atoms with Crippen molar-refractivity contribution in [1.82, 2.24) is 9.80 Å². The third-order valence-electron chi connectivity index (χ3n) is 9.69. The van der Waals surface area contributed by atoms with Crippen LogP contribution < -0.4 is 16.4 Å². The number of nitrogens with two attached hydrogens (primary N) is 2. The predicted molar refractivity (Wildman–Crippen MR) is 189 cm³/mol. The quantitative estimate of drug-likeness (QED) is 0.195. The second-order valence-corrected chi connectivity index (χ2v) is 12.7. The number of nitrogen functional groups attached to an aromatic ring is 1. The number of hydrogen-bond acceptors (Lipinski definition) is 6. The number of carbonyl (C=O) groups excluding carboxylic acids is 2. The van der Waals surface area contributed by atoms with Gasteiger partial charge in [0.25, 0.3) is 0 Å². The van der Waals surface area contributed by atoms with Crippen molar-refractivity contribution >= 4 is 46.6 Å². The van der Waals surface area contributed by atoms with Crippen molar-refractivity contribution in [3.8, 4) is 0 Å². The van der Waals surface area contributed by atoms with E-state index in [1.165, 1.54) is 11.9 Å². The van der Waals surface area contributed by atoms with E-state index in [4.69, 9.17) is 16.9 Å². The second-order valence-electron chi connectivity index (χ2n) is 12.7. The molecule has 1 spiro atoms. The van der Waals surface area contributed by atoms with Gasteiger partial charge in [-0.25, -0.2) is 4.99 Å². The molecule has 0 saturated carbocycles. The number of rotatable bonds is 8. The van der Waals surface area contributed by atoms with E-state index in [-0.39, 0.29) is 11.8 Å². The molecule has 6 rings (SSSR count). The van der Waals surface area contributed by atoms with E-state index in [0.717, 1.165) is 47.2 Å². The summed E-state index contributed by atoms with van der Waals surface area (Å²) in [5, 5.41) is 8.79. The maximum absolute atomic E-state index is 13.9. The molecule has 1 atom stereocenters. The Morgan fingerprint density at radius 1 is 1.00 bits per heavy atom. The van der Waals surface area contributed by atoms with E-state index in [1.807, 2.05) is 77.4 Å². The van der Waals surface area contributed by atoms with Crippen molar-refractivity contribution in [2.24, 2.45) is 21.1 Å². The first-order valence-corrected chi connectivity index (χ1v) is 16.1. The summed E-state index contributed by atoms with van der Waals surface area (Å²) in [5.74, 6) is 0.601. The van der Waals surface area contributed by atoms with Crippen LogP contribution in [-0.2, 0) is 9.59 Å². The Bertz CT molecular complexity index is 1780. The highest BCUT2D eigenvalue weighted by Gasteiger charge is 2.51. The highest BCUT2D eigenvalue weighted by atomic mass is 16.2. The molecule has 0 bridgehead atoms. The smallest absolute Gasteiger partial charge is 0.237 e. The molecule has 3 aliphatic rings. The first kappa shape index (κ1) is 31.9. The summed E-state index contributed by atoms with van der Waals surface area (Å²) in [6.07, 6.45) is 5.81. The Hall–Kier alpha value is -5.09. The van der Waals surface area contributed by atoms with Crippen LogP contribution in [0.15, 0.2) is 82.8 Å². The molecule has 10 heteroatoms. The van der Waals surface area contributed by atoms with Gasteiger partial charge in [0, 0.05) is 61.3 Å². The third kappa shape index (κ3) is 6.59. The lowest BCUT2D eigenvalue weighted by molar-refractivity contribution is -0.132. The number of nitrogens with one attached hydrogen (secondary N) is 1. The molecule has 2 amide bonds. The van der Waals surface area contributed by atoms with Crippen molar-refractivity contribution in [2.45, 2.75) is 26.2 Å². The van der Waals surface area contributed by atoms with E-state index in [9.17, 15) is 9.59 Å². The highest BCUT2D eigenvalue weighted by Crippen LogP contribution is 2.43. The molecule has 5 N–H and O–H groups in total. The van der Waals surface area contributed by atoms with Crippen molar-refractivity contribution < 1.29 is 9.59 Å². The van der Waals surface area contributed by atoms with E-state index in [1.54, 1.807) is 13.1 Å². The largest absolute Gasteiger partial charge is 0.398 e. The summed E-state index contributed by atoms with van der Waals surface area (Å²) in [6, 6.07) is 21.3. The van der Waals surface area contributed by atoms with Gasteiger partial charge in [-0.3, -0.25) is 24.9 Å². The Morgan fingerprint density at radius 3 is 2.43 bits per heavy atom. The first-order valence-electron chi connectivity index (χ1n) is 16.1. The van der Waals surface area contributed by atoms with Crippen LogP contribution in [0.1, 0.15) is 47.1 Å². The van der Waals surface area contributed by atoms with Gasteiger partial charge in [0.15, 0.2) is 0 Å². The number of benzene rings is 3. The van der Waals surface area contributed by atoms with Crippen molar-refractivity contribution in [2.75, 3.05) is 56.9 Å². The zero-order chi connectivity index (χ0) is 33.1. The predicted octanol–water partition coefficient (Wildman–Crippen LogP) is 4.10. The number of anilines is 2. The van der Waals surface area contributed by atoms with Crippen molar-refractivity contribution in [1.29, 1.82) is 5.41 Å². The lowest BCUT2D eigenvalue weighted by Gasteiger charge is -2.29. The SMILES string of the molecule is CN=CN=C(N)c1ccc(C2=CCN(C(=O)CN3CC[C@]4(CCN(c5ccc(N)c(C(=N)c6ccc(C)cc6)c5)C4=O)C3)CC2)cc1. The van der Waals surface area contributed by atoms with E-state index in [0.29, 0.717) is 62.1 Å². The number of hydrogen-bond donors (Lipinski definition) is 3. The molecule has 0 aromatic heterocycles. The summed E-state index contributed by atoms with van der Waals surface area (Å²) >= 11 is 0. The van der Waals surface area contributed by atoms with E-state index in [2.05, 4.69) is 21.0 Å². The monoisotopic (exact) mass is 630 g/mol. The van der Waals surface area contributed by atoms with Crippen LogP contribution >= 0.6 is 0 Å². The summed E-state index contributed by atoms with van der Waals surface area (Å²) in [4.78, 5) is 41.1. The topological polar surface area (TPSA) is 144 Å². The van der Waals surface area contributed by atoms with Gasteiger partial charge in [0.2, 0.25) is 11.8 Å². The van der Waals surface area contributed by atoms with Crippen LogP contribution in [0, 0.1) is 17.7 Å². The lowest BCUT2D eigenvalue weighted by Crippen LogP contribution is -2.43. The van der Waals surface area contributed by atoms with Gasteiger partial charge in [0.1, 0.15) is 12.2 Å². The molecule has 0 radical (unpaired) electrons. The highest BCUT2D eigenvalue weighted by molar-refractivity contribution is 6.15. The van der Waals surface area contributed by atoms with Crippen LogP contribution in [-0.4, -0.2) is 85.8 Å². The van der Waals surface area contributed by atoms with Crippen molar-refractivity contribution in [3.63, 3.8) is 0 Å². The number of aliphatic imine (C=N–C) groups is 2. The molecular weight excluding hydrogens is 588 g/mol. The Morgan fingerprint density at radius 2 is 1.72 bits per heavy atom. The molecule has 2 saturated heterocycles. The van der Waals surface area contributed by atoms with Gasteiger partial charge >= 0.3 is 0 Å². The third-order valence-corrected chi connectivity index (χ3v) is 9.69. The minimum absolute atomic E-state index is 0.0909. The number of amidine groups is 1. The van der Waals surface area contributed by atoms with E-state index < -0.39 is 5.41 Å². The molecule has 3 aromatic carbocycles. The molecule has 2 fully saturated rings.